The number of guanidine groups is 1. The first-order valence-corrected chi connectivity index (χ1v) is 16.2. The molecule has 2 aliphatic rings. The van der Waals surface area contributed by atoms with Gasteiger partial charge in [-0.05, 0) is 60.4 Å². The van der Waals surface area contributed by atoms with Crippen LogP contribution in [0, 0.1) is 5.41 Å². The highest BCUT2D eigenvalue weighted by atomic mass is 19.3. The van der Waals surface area contributed by atoms with Gasteiger partial charge in [0.2, 0.25) is 0 Å². The third kappa shape index (κ3) is 7.89. The summed E-state index contributed by atoms with van der Waals surface area (Å²) in [6, 6.07) is 12.0. The fraction of sp³-hybridized carbons (Fsp3) is 0.429. The molecule has 1 fully saturated rings. The molecule has 1 aromatic heterocycles. The number of ether oxygens (including phenoxy) is 1. The molecule has 272 valence electrons. The van der Waals surface area contributed by atoms with E-state index in [2.05, 4.69) is 27.2 Å². The van der Waals surface area contributed by atoms with Crippen LogP contribution in [0.2, 0.25) is 0 Å². The van der Waals surface area contributed by atoms with Crippen LogP contribution < -0.4 is 16.1 Å². The summed E-state index contributed by atoms with van der Waals surface area (Å²) in [4.78, 5) is 37.5. The third-order valence-corrected chi connectivity index (χ3v) is 8.78. The molecule has 1 aliphatic carbocycles. The van der Waals surface area contributed by atoms with E-state index in [-0.39, 0.29) is 30.2 Å². The van der Waals surface area contributed by atoms with Crippen molar-refractivity contribution in [2.75, 3.05) is 18.7 Å². The normalized spacial score (nSPS) is 19.3. The van der Waals surface area contributed by atoms with Crippen LogP contribution in [0.1, 0.15) is 70.7 Å². The van der Waals surface area contributed by atoms with E-state index < -0.39 is 47.8 Å². The largest absolute Gasteiger partial charge is 0.447 e. The van der Waals surface area contributed by atoms with E-state index in [9.17, 15) is 27.2 Å². The standard InChI is InChI=1S/C35H41F4N9O3/c1-33(2,3)20-35(24-12-10-21(11-13-24)23-17-43-46(18-23)30(38)39)29(49)47(31(40)44-35)26(19-51-32(50)45-34(4)14-15-34)22-8-7-9-25(16-22)48(42-6)28(41-5)27(36)37/h7-13,16-18,26-27,30H,6,14-15,19-20H2,1-5H3,(H2,40,44)(H,45,50)/t26-,35-/m1/s1. The maximum Gasteiger partial charge on any atom is 0.407 e. The summed E-state index contributed by atoms with van der Waals surface area (Å²) >= 11 is 0. The van der Waals surface area contributed by atoms with Crippen LogP contribution in [0.3, 0.4) is 0 Å². The lowest BCUT2D eigenvalue weighted by molar-refractivity contribution is -0.135. The highest BCUT2D eigenvalue weighted by molar-refractivity contribution is 6.08. The summed E-state index contributed by atoms with van der Waals surface area (Å²) in [5.74, 6) is -1.31. The molecular weight excluding hydrogens is 670 g/mol. The predicted molar refractivity (Wildman–Crippen MR) is 186 cm³/mol. The molecule has 12 nitrogen and oxygen atoms in total. The molecule has 2 aromatic carbocycles. The van der Waals surface area contributed by atoms with Gasteiger partial charge in [0.05, 0.1) is 17.9 Å². The Balaban J connectivity index is 1.56. The fourth-order valence-corrected chi connectivity index (χ4v) is 6.11. The van der Waals surface area contributed by atoms with E-state index >= 15 is 0 Å². The van der Waals surface area contributed by atoms with Gasteiger partial charge < -0.3 is 15.8 Å². The molecule has 2 heterocycles. The number of carbonyl (C=O) groups is 2. The van der Waals surface area contributed by atoms with Gasteiger partial charge in [-0.3, -0.25) is 14.7 Å². The number of nitrogens with zero attached hydrogens (tertiary/aromatic N) is 7. The molecule has 0 saturated heterocycles. The van der Waals surface area contributed by atoms with Crippen LogP contribution in [0.15, 0.2) is 76.0 Å². The second-order valence-corrected chi connectivity index (χ2v) is 14.0. The van der Waals surface area contributed by atoms with Gasteiger partial charge >= 0.3 is 12.6 Å². The van der Waals surface area contributed by atoms with Gasteiger partial charge in [0, 0.05) is 31.1 Å². The first-order chi connectivity index (χ1) is 24.0. The molecule has 1 saturated carbocycles. The number of nitrogens with two attached hydrogens (primary N) is 1. The van der Waals surface area contributed by atoms with Gasteiger partial charge in [-0.25, -0.2) is 28.3 Å². The number of hydrazone groups is 1. The van der Waals surface area contributed by atoms with Crippen molar-refractivity contribution in [1.82, 2.24) is 20.0 Å². The zero-order valence-corrected chi connectivity index (χ0v) is 29.0. The lowest BCUT2D eigenvalue weighted by Crippen LogP contribution is -2.48. The number of hydrogen-bond acceptors (Lipinski definition) is 8. The van der Waals surface area contributed by atoms with Crippen molar-refractivity contribution in [3.8, 4) is 11.1 Å². The van der Waals surface area contributed by atoms with Crippen molar-refractivity contribution in [2.24, 2.45) is 26.2 Å². The van der Waals surface area contributed by atoms with Gasteiger partial charge in [-0.2, -0.15) is 19.0 Å². The van der Waals surface area contributed by atoms with E-state index in [0.717, 1.165) is 17.9 Å². The van der Waals surface area contributed by atoms with Gasteiger partial charge in [-0.1, -0.05) is 57.2 Å². The maximum atomic E-state index is 14.9. The molecule has 2 atom stereocenters. The van der Waals surface area contributed by atoms with Crippen LogP contribution >= 0.6 is 0 Å². The Kier molecular flexibility index (Phi) is 10.3. The van der Waals surface area contributed by atoms with Crippen LogP contribution in [-0.2, 0) is 15.1 Å². The third-order valence-electron chi connectivity index (χ3n) is 8.78. The smallest absolute Gasteiger partial charge is 0.407 e. The predicted octanol–water partition coefficient (Wildman–Crippen LogP) is 6.47. The Morgan fingerprint density at radius 2 is 1.82 bits per heavy atom. The number of hydrogen-bond donors (Lipinski definition) is 2. The molecule has 2 amide bonds. The van der Waals surface area contributed by atoms with Gasteiger partial charge in [0.15, 0.2) is 17.3 Å². The second-order valence-electron chi connectivity index (χ2n) is 14.0. The number of nitrogens with one attached hydrogen (secondary N) is 1. The van der Waals surface area contributed by atoms with E-state index in [4.69, 9.17) is 15.5 Å². The van der Waals surface area contributed by atoms with Gasteiger partial charge in [0.1, 0.15) is 6.61 Å². The van der Waals surface area contributed by atoms with Crippen LogP contribution in [-0.4, -0.2) is 70.8 Å². The Bertz CT molecular complexity index is 1830. The van der Waals surface area contributed by atoms with Crippen molar-refractivity contribution in [1.29, 1.82) is 0 Å². The number of carbonyl (C=O) groups excluding carboxylic acids is 2. The minimum absolute atomic E-state index is 0.151. The SMILES string of the molecule is C=NN(C(=NC)C(F)F)c1cccc([C@@H](COC(=O)NC2(C)CC2)N2C(=O)[C@@](CC(C)(C)C)(c3ccc(-c4cnn(C(F)F)c4)cc3)N=C2N)c1. The summed E-state index contributed by atoms with van der Waals surface area (Å²) < 4.78 is 60.3. The van der Waals surface area contributed by atoms with Gasteiger partial charge in [0.25, 0.3) is 12.3 Å². The fourth-order valence-electron chi connectivity index (χ4n) is 6.11. The van der Waals surface area contributed by atoms with Crippen molar-refractivity contribution >= 4 is 36.2 Å². The first-order valence-electron chi connectivity index (χ1n) is 16.2. The first kappa shape index (κ1) is 37.0. The maximum absolute atomic E-state index is 14.9. The van der Waals surface area contributed by atoms with Crippen molar-refractivity contribution in [2.45, 2.75) is 77.1 Å². The number of amidine groups is 1. The molecule has 0 spiro atoms. The number of alkyl carbamates (subject to hydrolysis) is 1. The van der Waals surface area contributed by atoms with Crippen molar-refractivity contribution < 1.29 is 31.9 Å². The monoisotopic (exact) mass is 711 g/mol. The molecule has 16 heteroatoms. The number of anilines is 1. The number of halogens is 4. The average Bonchev–Trinajstić information content (AvgIpc) is 3.47. The molecule has 0 radical (unpaired) electrons. The lowest BCUT2D eigenvalue weighted by atomic mass is 9.75. The zero-order valence-electron chi connectivity index (χ0n) is 29.0. The number of aliphatic imine (C=N–C) groups is 2. The minimum atomic E-state index is -2.97. The van der Waals surface area contributed by atoms with Crippen LogP contribution in [0.5, 0.6) is 0 Å². The molecule has 3 N–H and O–H groups in total. The van der Waals surface area contributed by atoms with E-state index in [1.807, 2.05) is 27.7 Å². The molecule has 3 aromatic rings. The van der Waals surface area contributed by atoms with Gasteiger partial charge in [-0.15, -0.1) is 0 Å². The van der Waals surface area contributed by atoms with Crippen molar-refractivity contribution in [3.05, 3.63) is 72.1 Å². The van der Waals surface area contributed by atoms with E-state index in [1.165, 1.54) is 36.5 Å². The Morgan fingerprint density at radius 1 is 1.14 bits per heavy atom. The average molecular weight is 712 g/mol. The molecular formula is C35H41F4N9O3. The zero-order chi connectivity index (χ0) is 37.3. The molecule has 0 bridgehead atoms. The number of alkyl halides is 4. The summed E-state index contributed by atoms with van der Waals surface area (Å²) in [5.41, 5.74) is 6.31. The topological polar surface area (TPSA) is 143 Å². The summed E-state index contributed by atoms with van der Waals surface area (Å²) in [7, 11) is 1.21. The number of amides is 2. The molecule has 5 rings (SSSR count). The second kappa shape index (κ2) is 14.2. The molecule has 51 heavy (non-hydrogen) atoms. The number of aromatic nitrogens is 2. The quantitative estimate of drug-likeness (QED) is 0.0955. The Morgan fingerprint density at radius 3 is 2.37 bits per heavy atom. The highest BCUT2D eigenvalue weighted by Gasteiger charge is 2.53. The Hall–Kier alpha value is -5.28. The van der Waals surface area contributed by atoms with Crippen LogP contribution in [0.4, 0.5) is 28.0 Å². The summed E-state index contributed by atoms with van der Waals surface area (Å²) in [6.45, 7) is 7.99. The Labute approximate surface area is 293 Å². The minimum Gasteiger partial charge on any atom is -0.447 e. The van der Waals surface area contributed by atoms with E-state index in [0.29, 0.717) is 26.9 Å². The highest BCUT2D eigenvalue weighted by Crippen LogP contribution is 2.45. The van der Waals surface area contributed by atoms with E-state index in [1.54, 1.807) is 36.4 Å². The van der Waals surface area contributed by atoms with Crippen LogP contribution in [0.25, 0.3) is 11.1 Å². The van der Waals surface area contributed by atoms with Crippen molar-refractivity contribution in [3.63, 3.8) is 0 Å². The molecule has 1 aliphatic heterocycles. The molecule has 0 unspecified atom stereocenters. The lowest BCUT2D eigenvalue weighted by Gasteiger charge is -2.35. The number of benzene rings is 2. The summed E-state index contributed by atoms with van der Waals surface area (Å²) in [5, 5.41) is 11.2. The summed E-state index contributed by atoms with van der Waals surface area (Å²) in [6.07, 6.45) is 0.668. The number of rotatable bonds is 12.